The average molecular weight is 428 g/mol. The Balaban J connectivity index is 1.36. The number of hydrogen-bond donors (Lipinski definition) is 1. The normalized spacial score (nSPS) is 21.2. The third-order valence-electron chi connectivity index (χ3n) is 5.34. The molecule has 2 aromatic carbocycles. The van der Waals surface area contributed by atoms with E-state index in [0.29, 0.717) is 30.3 Å². The summed E-state index contributed by atoms with van der Waals surface area (Å²) in [5.74, 6) is -0.653. The zero-order valence-electron chi connectivity index (χ0n) is 16.3. The number of carbonyl (C=O) groups is 3. The van der Waals surface area contributed by atoms with Crippen molar-refractivity contribution >= 4 is 29.3 Å². The van der Waals surface area contributed by atoms with E-state index in [9.17, 15) is 14.4 Å². The molecule has 0 spiro atoms. The second kappa shape index (κ2) is 8.85. The number of piperazine rings is 2. The van der Waals surface area contributed by atoms with Gasteiger partial charge >= 0.3 is 0 Å². The van der Waals surface area contributed by atoms with E-state index in [-0.39, 0.29) is 30.9 Å². The van der Waals surface area contributed by atoms with Crippen LogP contribution in [0.3, 0.4) is 0 Å². The maximum absolute atomic E-state index is 12.8. The molecule has 30 heavy (non-hydrogen) atoms. The van der Waals surface area contributed by atoms with Crippen LogP contribution in [0.2, 0.25) is 5.02 Å². The molecule has 156 valence electrons. The molecule has 2 atom stereocenters. The Morgan fingerprint density at radius 1 is 1.10 bits per heavy atom. The molecule has 2 fully saturated rings. The van der Waals surface area contributed by atoms with E-state index in [1.807, 2.05) is 30.3 Å². The summed E-state index contributed by atoms with van der Waals surface area (Å²) in [6.07, 6.45) is 0. The van der Waals surface area contributed by atoms with Crippen molar-refractivity contribution in [3.63, 3.8) is 0 Å². The minimum absolute atomic E-state index is 0.105. The topological polar surface area (TPSA) is 79.0 Å². The van der Waals surface area contributed by atoms with Crippen LogP contribution in [0.15, 0.2) is 54.6 Å². The van der Waals surface area contributed by atoms with E-state index >= 15 is 0 Å². The number of halogens is 1. The third kappa shape index (κ3) is 4.32. The van der Waals surface area contributed by atoms with Crippen molar-refractivity contribution in [3.05, 3.63) is 70.7 Å². The fraction of sp³-hybridized carbons (Fsp3) is 0.318. The summed E-state index contributed by atoms with van der Waals surface area (Å²) in [6, 6.07) is 14.9. The first-order valence-corrected chi connectivity index (χ1v) is 10.2. The molecular formula is C22H22ClN3O4. The number of amides is 3. The van der Waals surface area contributed by atoms with Gasteiger partial charge in [-0.05, 0) is 23.8 Å². The summed E-state index contributed by atoms with van der Waals surface area (Å²) in [4.78, 5) is 41.4. The number of benzene rings is 2. The molecule has 0 radical (unpaired) electrons. The van der Waals surface area contributed by atoms with Crippen LogP contribution in [0.25, 0.3) is 0 Å². The van der Waals surface area contributed by atoms with Crippen LogP contribution in [0.4, 0.5) is 0 Å². The van der Waals surface area contributed by atoms with E-state index in [4.69, 9.17) is 16.3 Å². The molecule has 0 unspecified atom stereocenters. The molecule has 7 nitrogen and oxygen atoms in total. The van der Waals surface area contributed by atoms with Gasteiger partial charge in [0.05, 0.1) is 19.8 Å². The third-order valence-corrected chi connectivity index (χ3v) is 5.57. The second-order valence-electron chi connectivity index (χ2n) is 7.37. The summed E-state index contributed by atoms with van der Waals surface area (Å²) in [5.41, 5.74) is 1.46. The first kappa shape index (κ1) is 20.4. The van der Waals surface area contributed by atoms with Gasteiger partial charge in [-0.2, -0.15) is 0 Å². The monoisotopic (exact) mass is 427 g/mol. The van der Waals surface area contributed by atoms with Crippen molar-refractivity contribution in [1.82, 2.24) is 15.1 Å². The predicted molar refractivity (Wildman–Crippen MR) is 111 cm³/mol. The van der Waals surface area contributed by atoms with Crippen molar-refractivity contribution < 1.29 is 19.1 Å². The van der Waals surface area contributed by atoms with Gasteiger partial charge in [0.15, 0.2) is 0 Å². The summed E-state index contributed by atoms with van der Waals surface area (Å²) in [7, 11) is 0. The Morgan fingerprint density at radius 3 is 2.67 bits per heavy atom. The molecule has 8 heteroatoms. The van der Waals surface area contributed by atoms with Crippen LogP contribution in [0, 0.1) is 0 Å². The van der Waals surface area contributed by atoms with E-state index in [2.05, 4.69) is 5.32 Å². The number of rotatable bonds is 5. The molecule has 0 aliphatic carbocycles. The zero-order valence-corrected chi connectivity index (χ0v) is 17.0. The van der Waals surface area contributed by atoms with Crippen LogP contribution in [-0.4, -0.2) is 65.8 Å². The number of carbonyl (C=O) groups excluding carboxylic acids is 3. The second-order valence-corrected chi connectivity index (χ2v) is 7.81. The standard InChI is InChI=1S/C22H22ClN3O4/c23-17-8-4-7-16(11-17)21(28)25-9-10-26-19(12-25)20(27)24-18(22(26)29)14-30-13-15-5-2-1-3-6-15/h1-8,11,18-19H,9-10,12-14H2,(H,24,27)/t18-,19+/m0/s1. The summed E-state index contributed by atoms with van der Waals surface area (Å²) >= 11 is 5.98. The molecule has 0 aromatic heterocycles. The van der Waals surface area contributed by atoms with Crippen molar-refractivity contribution in [3.8, 4) is 0 Å². The van der Waals surface area contributed by atoms with Gasteiger partial charge in [-0.3, -0.25) is 14.4 Å². The molecule has 2 aliphatic heterocycles. The minimum Gasteiger partial charge on any atom is -0.374 e. The Hall–Kier alpha value is -2.90. The van der Waals surface area contributed by atoms with E-state index < -0.39 is 12.1 Å². The molecule has 3 amide bonds. The highest BCUT2D eigenvalue weighted by Crippen LogP contribution is 2.20. The quantitative estimate of drug-likeness (QED) is 0.787. The maximum Gasteiger partial charge on any atom is 0.254 e. The van der Waals surface area contributed by atoms with Gasteiger partial charge in [0.2, 0.25) is 11.8 Å². The van der Waals surface area contributed by atoms with Gasteiger partial charge in [0, 0.05) is 23.7 Å². The van der Waals surface area contributed by atoms with Gasteiger partial charge in [0.1, 0.15) is 12.1 Å². The molecule has 0 bridgehead atoms. The first-order valence-electron chi connectivity index (χ1n) is 9.80. The lowest BCUT2D eigenvalue weighted by Crippen LogP contribution is -2.70. The summed E-state index contributed by atoms with van der Waals surface area (Å²) in [5, 5.41) is 3.22. The molecule has 0 saturated carbocycles. The summed E-state index contributed by atoms with van der Waals surface area (Å²) in [6.45, 7) is 1.29. The van der Waals surface area contributed by atoms with Crippen molar-refractivity contribution in [2.45, 2.75) is 18.7 Å². The average Bonchev–Trinajstić information content (AvgIpc) is 2.77. The zero-order chi connectivity index (χ0) is 21.1. The van der Waals surface area contributed by atoms with Crippen LogP contribution in [0.5, 0.6) is 0 Å². The highest BCUT2D eigenvalue weighted by atomic mass is 35.5. The van der Waals surface area contributed by atoms with Crippen LogP contribution in [-0.2, 0) is 20.9 Å². The van der Waals surface area contributed by atoms with Crippen molar-refractivity contribution in [2.24, 2.45) is 0 Å². The van der Waals surface area contributed by atoms with Crippen LogP contribution < -0.4 is 5.32 Å². The number of nitrogens with one attached hydrogen (secondary N) is 1. The molecule has 2 heterocycles. The fourth-order valence-electron chi connectivity index (χ4n) is 3.77. The van der Waals surface area contributed by atoms with Gasteiger partial charge < -0.3 is 19.9 Å². The van der Waals surface area contributed by atoms with Crippen LogP contribution in [0.1, 0.15) is 15.9 Å². The van der Waals surface area contributed by atoms with Gasteiger partial charge in [-0.25, -0.2) is 0 Å². The molecular weight excluding hydrogens is 406 g/mol. The SMILES string of the molecule is O=C1N[C@@H](COCc2ccccc2)C(=O)N2CCN(C(=O)c3cccc(Cl)c3)C[C@H]12. The fourth-order valence-corrected chi connectivity index (χ4v) is 3.96. The summed E-state index contributed by atoms with van der Waals surface area (Å²) < 4.78 is 5.65. The van der Waals surface area contributed by atoms with Crippen molar-refractivity contribution in [2.75, 3.05) is 26.2 Å². The highest BCUT2D eigenvalue weighted by molar-refractivity contribution is 6.31. The molecule has 2 saturated heterocycles. The Labute approximate surface area is 179 Å². The largest absolute Gasteiger partial charge is 0.374 e. The minimum atomic E-state index is -0.715. The highest BCUT2D eigenvalue weighted by Gasteiger charge is 2.44. The first-order chi connectivity index (χ1) is 14.5. The molecule has 2 aromatic rings. The molecule has 4 rings (SSSR count). The lowest BCUT2D eigenvalue weighted by molar-refractivity contribution is -0.154. The van der Waals surface area contributed by atoms with Crippen LogP contribution >= 0.6 is 11.6 Å². The van der Waals surface area contributed by atoms with E-state index in [1.165, 1.54) is 0 Å². The van der Waals surface area contributed by atoms with Gasteiger partial charge in [-0.1, -0.05) is 48.0 Å². The molecule has 2 aliphatic rings. The predicted octanol–water partition coefficient (Wildman–Crippen LogP) is 1.71. The lowest BCUT2D eigenvalue weighted by atomic mass is 10.0. The smallest absolute Gasteiger partial charge is 0.254 e. The van der Waals surface area contributed by atoms with Crippen molar-refractivity contribution in [1.29, 1.82) is 0 Å². The Bertz CT molecular complexity index is 952. The molecule has 1 N–H and O–H groups in total. The number of hydrogen-bond acceptors (Lipinski definition) is 4. The number of nitrogens with zero attached hydrogens (tertiary/aromatic N) is 2. The maximum atomic E-state index is 12.8. The number of ether oxygens (including phenoxy) is 1. The number of fused-ring (bicyclic) bond motifs is 1. The lowest BCUT2D eigenvalue weighted by Gasteiger charge is -2.45. The Kier molecular flexibility index (Phi) is 6.01. The van der Waals surface area contributed by atoms with E-state index in [1.54, 1.807) is 34.1 Å². The van der Waals surface area contributed by atoms with E-state index in [0.717, 1.165) is 5.56 Å². The van der Waals surface area contributed by atoms with Gasteiger partial charge in [0.25, 0.3) is 5.91 Å². The Morgan fingerprint density at radius 2 is 1.90 bits per heavy atom. The van der Waals surface area contributed by atoms with Gasteiger partial charge in [-0.15, -0.1) is 0 Å².